The number of carbonyl (C=O) groups excluding carboxylic acids is 1. The maximum absolute atomic E-state index is 13.5. The molecule has 0 spiro atoms. The Kier molecular flexibility index (Phi) is 6.61. The zero-order valence-electron chi connectivity index (χ0n) is 15.8. The first-order chi connectivity index (χ1) is 13.3. The minimum Gasteiger partial charge on any atom is -0.466 e. The first-order valence-electron chi connectivity index (χ1n) is 9.22. The Morgan fingerprint density at radius 2 is 2.18 bits per heavy atom. The summed E-state index contributed by atoms with van der Waals surface area (Å²) in [6.07, 6.45) is 1.18. The van der Waals surface area contributed by atoms with Crippen molar-refractivity contribution in [1.29, 1.82) is 0 Å². The molecule has 3 atom stereocenters. The average Bonchev–Trinajstić information content (AvgIpc) is 3.06. The molecule has 156 valence electrons. The van der Waals surface area contributed by atoms with Gasteiger partial charge in [0.1, 0.15) is 11.1 Å². The predicted molar refractivity (Wildman–Crippen MR) is 102 cm³/mol. The third-order valence-corrected chi connectivity index (χ3v) is 7.72. The highest BCUT2D eigenvalue weighted by Crippen LogP contribution is 2.37. The van der Waals surface area contributed by atoms with E-state index in [1.165, 1.54) is 27.6 Å². The van der Waals surface area contributed by atoms with Gasteiger partial charge in [0.15, 0.2) is 0 Å². The van der Waals surface area contributed by atoms with Gasteiger partial charge in [-0.05, 0) is 37.5 Å². The van der Waals surface area contributed by atoms with Crippen LogP contribution in [-0.4, -0.2) is 62.4 Å². The number of carbonyl (C=O) groups is 1. The van der Waals surface area contributed by atoms with E-state index < -0.39 is 33.1 Å². The molecular weight excluding hydrogens is 411 g/mol. The van der Waals surface area contributed by atoms with Gasteiger partial charge >= 0.3 is 5.97 Å². The van der Waals surface area contributed by atoms with Crippen molar-refractivity contribution in [3.8, 4) is 0 Å². The second-order valence-corrected chi connectivity index (χ2v) is 9.55. The lowest BCUT2D eigenvalue weighted by Gasteiger charge is -2.34. The summed E-state index contributed by atoms with van der Waals surface area (Å²) in [6.45, 7) is 2.39. The molecule has 0 N–H and O–H groups in total. The van der Waals surface area contributed by atoms with Gasteiger partial charge in [-0.15, -0.1) is 0 Å². The van der Waals surface area contributed by atoms with Gasteiger partial charge in [-0.2, -0.15) is 5.06 Å². The number of rotatable bonds is 5. The summed E-state index contributed by atoms with van der Waals surface area (Å²) in [6, 6.07) is 3.51. The monoisotopic (exact) mass is 434 g/mol. The lowest BCUT2D eigenvalue weighted by Crippen LogP contribution is -2.48. The fraction of sp³-hybridized carbons (Fsp3) is 0.611. The summed E-state index contributed by atoms with van der Waals surface area (Å²) in [5.74, 6) is -1.41. The number of benzene rings is 1. The van der Waals surface area contributed by atoms with Crippen molar-refractivity contribution in [2.45, 2.75) is 31.1 Å². The molecule has 2 aliphatic rings. The third-order valence-electron chi connectivity index (χ3n) is 5.22. The van der Waals surface area contributed by atoms with Crippen LogP contribution >= 0.6 is 11.6 Å². The van der Waals surface area contributed by atoms with E-state index >= 15 is 0 Å². The van der Waals surface area contributed by atoms with Crippen molar-refractivity contribution < 1.29 is 27.2 Å². The molecule has 28 heavy (non-hydrogen) atoms. The van der Waals surface area contributed by atoms with E-state index in [2.05, 4.69) is 0 Å². The van der Waals surface area contributed by atoms with Gasteiger partial charge in [-0.1, -0.05) is 17.7 Å². The Bertz CT molecular complexity index is 837. The van der Waals surface area contributed by atoms with E-state index in [1.54, 1.807) is 14.0 Å². The summed E-state index contributed by atoms with van der Waals surface area (Å²) in [5.41, 5.74) is 0.555. The zero-order chi connectivity index (χ0) is 20.5. The fourth-order valence-corrected chi connectivity index (χ4v) is 6.01. The SMILES string of the molecule is CCOC(=O)[C@@H]1CCCN(S(=O)(=O)[C@@H]2CON(C)[C@@H]2c2ccc(F)c(Cl)c2)C1. The topological polar surface area (TPSA) is 76.1 Å². The standard InChI is InChI=1S/C18H24ClFN2O5S/c1-3-26-18(23)13-5-4-8-22(10-13)28(24,25)16-11-27-21(2)17(16)12-6-7-15(20)14(19)9-12/h6-7,9,13,16-17H,3-5,8,10-11H2,1-2H3/t13-,16-,17-/m1/s1. The Hall–Kier alpha value is -1.26. The van der Waals surface area contributed by atoms with E-state index in [-0.39, 0.29) is 30.8 Å². The fourth-order valence-electron chi connectivity index (χ4n) is 3.78. The summed E-state index contributed by atoms with van der Waals surface area (Å²) < 4.78 is 46.7. The van der Waals surface area contributed by atoms with Gasteiger partial charge in [0, 0.05) is 20.1 Å². The normalized spacial score (nSPS) is 27.1. The van der Waals surface area contributed by atoms with Crippen LogP contribution < -0.4 is 0 Å². The van der Waals surface area contributed by atoms with E-state index in [4.69, 9.17) is 21.2 Å². The second-order valence-electron chi connectivity index (χ2n) is 6.99. The first kappa shape index (κ1) is 21.4. The predicted octanol–water partition coefficient (Wildman–Crippen LogP) is 2.37. The molecule has 0 amide bonds. The molecule has 1 aromatic carbocycles. The molecule has 0 unspecified atom stereocenters. The number of nitrogens with zero attached hydrogens (tertiary/aromatic N) is 2. The number of piperidine rings is 1. The summed E-state index contributed by atoms with van der Waals surface area (Å²) in [4.78, 5) is 17.6. The van der Waals surface area contributed by atoms with Crippen LogP contribution in [-0.2, 0) is 24.4 Å². The van der Waals surface area contributed by atoms with Crippen molar-refractivity contribution >= 4 is 27.6 Å². The number of hydrogen-bond donors (Lipinski definition) is 0. The van der Waals surface area contributed by atoms with Gasteiger partial charge in [0.25, 0.3) is 0 Å². The lowest BCUT2D eigenvalue weighted by atomic mass is 10.0. The van der Waals surface area contributed by atoms with Crippen molar-refractivity contribution in [3.05, 3.63) is 34.6 Å². The Morgan fingerprint density at radius 1 is 1.43 bits per heavy atom. The number of hydroxylamine groups is 2. The van der Waals surface area contributed by atoms with Crippen LogP contribution in [0, 0.1) is 11.7 Å². The first-order valence-corrected chi connectivity index (χ1v) is 11.1. The quantitative estimate of drug-likeness (QED) is 0.662. The van der Waals surface area contributed by atoms with E-state index in [9.17, 15) is 17.6 Å². The number of hydrogen-bond acceptors (Lipinski definition) is 6. The number of sulfonamides is 1. The lowest BCUT2D eigenvalue weighted by molar-refractivity contribution is -0.149. The third kappa shape index (κ3) is 4.18. The minimum atomic E-state index is -3.77. The Morgan fingerprint density at radius 3 is 2.86 bits per heavy atom. The molecular formula is C18H24ClFN2O5S. The Labute approximate surface area is 169 Å². The van der Waals surface area contributed by atoms with Crippen molar-refractivity contribution in [2.24, 2.45) is 5.92 Å². The highest BCUT2D eigenvalue weighted by atomic mass is 35.5. The average molecular weight is 435 g/mol. The van der Waals surface area contributed by atoms with Crippen molar-refractivity contribution in [1.82, 2.24) is 9.37 Å². The van der Waals surface area contributed by atoms with Gasteiger partial charge in [0.05, 0.1) is 30.2 Å². The highest BCUT2D eigenvalue weighted by Gasteiger charge is 2.47. The van der Waals surface area contributed by atoms with Gasteiger partial charge in [-0.3, -0.25) is 9.63 Å². The summed E-state index contributed by atoms with van der Waals surface area (Å²) >= 11 is 5.89. The van der Waals surface area contributed by atoms with Crippen LogP contribution in [0.3, 0.4) is 0 Å². The molecule has 0 aliphatic carbocycles. The highest BCUT2D eigenvalue weighted by molar-refractivity contribution is 7.89. The molecule has 2 heterocycles. The Balaban J connectivity index is 1.85. The van der Waals surface area contributed by atoms with Crippen LogP contribution in [0.5, 0.6) is 0 Å². The summed E-state index contributed by atoms with van der Waals surface area (Å²) in [7, 11) is -2.14. The largest absolute Gasteiger partial charge is 0.466 e. The summed E-state index contributed by atoms with van der Waals surface area (Å²) in [5, 5.41) is 0.493. The molecule has 7 nitrogen and oxygen atoms in total. The van der Waals surface area contributed by atoms with E-state index in [0.29, 0.717) is 24.9 Å². The van der Waals surface area contributed by atoms with Crippen LogP contribution in [0.1, 0.15) is 31.4 Å². The molecule has 2 saturated heterocycles. The molecule has 0 aromatic heterocycles. The second kappa shape index (κ2) is 8.62. The molecule has 0 bridgehead atoms. The molecule has 2 fully saturated rings. The van der Waals surface area contributed by atoms with Gasteiger partial charge in [0.2, 0.25) is 10.0 Å². The van der Waals surface area contributed by atoms with Gasteiger partial charge in [-0.25, -0.2) is 17.1 Å². The van der Waals surface area contributed by atoms with Gasteiger partial charge < -0.3 is 4.74 Å². The van der Waals surface area contributed by atoms with Crippen LogP contribution in [0.2, 0.25) is 5.02 Å². The van der Waals surface area contributed by atoms with Crippen molar-refractivity contribution in [2.75, 3.05) is 33.4 Å². The van der Waals surface area contributed by atoms with Crippen LogP contribution in [0.4, 0.5) is 4.39 Å². The number of halogens is 2. The van der Waals surface area contributed by atoms with E-state index in [0.717, 1.165) is 0 Å². The molecule has 3 rings (SSSR count). The number of esters is 1. The molecule has 10 heteroatoms. The van der Waals surface area contributed by atoms with Crippen LogP contribution in [0.25, 0.3) is 0 Å². The zero-order valence-corrected chi connectivity index (χ0v) is 17.4. The van der Waals surface area contributed by atoms with E-state index in [1.807, 2.05) is 0 Å². The molecule has 0 radical (unpaired) electrons. The molecule has 0 saturated carbocycles. The van der Waals surface area contributed by atoms with Crippen LogP contribution in [0.15, 0.2) is 18.2 Å². The molecule has 2 aliphatic heterocycles. The maximum atomic E-state index is 13.5. The minimum absolute atomic E-state index is 0.0287. The van der Waals surface area contributed by atoms with Crippen molar-refractivity contribution in [3.63, 3.8) is 0 Å². The molecule has 1 aromatic rings. The smallest absolute Gasteiger partial charge is 0.310 e. The maximum Gasteiger partial charge on any atom is 0.310 e. The number of ether oxygens (including phenoxy) is 1.